The molecule has 7 heteroatoms. The van der Waals surface area contributed by atoms with Gasteiger partial charge in [-0.05, 0) is 25.0 Å². The number of anilines is 1. The highest BCUT2D eigenvalue weighted by Crippen LogP contribution is 2.25. The van der Waals surface area contributed by atoms with Crippen molar-refractivity contribution in [2.45, 2.75) is 48.4 Å². The smallest absolute Gasteiger partial charge is 0.244 e. The Kier molecular flexibility index (Phi) is 5.46. The molecule has 1 aliphatic carbocycles. The van der Waals surface area contributed by atoms with Crippen LogP contribution in [-0.2, 0) is 10.0 Å². The van der Waals surface area contributed by atoms with E-state index < -0.39 is 10.0 Å². The van der Waals surface area contributed by atoms with Gasteiger partial charge in [0.1, 0.15) is 10.7 Å². The molecule has 0 bridgehead atoms. The zero-order valence-corrected chi connectivity index (χ0v) is 14.0. The van der Waals surface area contributed by atoms with Crippen molar-refractivity contribution in [1.29, 1.82) is 0 Å². The SMILES string of the molecule is CN(C)S(=O)(=O)c1ccc(NC2CCCCCC2Cl)nc1. The third-order valence-corrected chi connectivity index (χ3v) is 6.10. The van der Waals surface area contributed by atoms with E-state index in [-0.39, 0.29) is 16.3 Å². The highest BCUT2D eigenvalue weighted by Gasteiger charge is 2.22. The van der Waals surface area contributed by atoms with Crippen LogP contribution in [0.2, 0.25) is 0 Å². The van der Waals surface area contributed by atoms with Crippen LogP contribution in [0.15, 0.2) is 23.2 Å². The summed E-state index contributed by atoms with van der Waals surface area (Å²) >= 11 is 6.39. The molecule has 0 aliphatic heterocycles. The van der Waals surface area contributed by atoms with Crippen LogP contribution in [0, 0.1) is 0 Å². The van der Waals surface area contributed by atoms with Crippen molar-refractivity contribution in [3.8, 4) is 0 Å². The number of alkyl halides is 1. The lowest BCUT2D eigenvalue weighted by atomic mass is 10.1. The molecular weight excluding hydrogens is 310 g/mol. The van der Waals surface area contributed by atoms with Gasteiger partial charge in [-0.15, -0.1) is 11.6 Å². The number of hydrogen-bond acceptors (Lipinski definition) is 4. The van der Waals surface area contributed by atoms with Gasteiger partial charge in [0.05, 0.1) is 5.38 Å². The average molecular weight is 332 g/mol. The van der Waals surface area contributed by atoms with Crippen LogP contribution in [0.3, 0.4) is 0 Å². The molecule has 1 aromatic heterocycles. The van der Waals surface area contributed by atoms with Crippen molar-refractivity contribution in [3.63, 3.8) is 0 Å². The number of sulfonamides is 1. The minimum absolute atomic E-state index is 0.0967. The maximum atomic E-state index is 12.0. The molecular formula is C14H22ClN3O2S. The van der Waals surface area contributed by atoms with Crippen molar-refractivity contribution >= 4 is 27.4 Å². The Balaban J connectivity index is 2.09. The highest BCUT2D eigenvalue weighted by molar-refractivity contribution is 7.89. The van der Waals surface area contributed by atoms with E-state index in [4.69, 9.17) is 11.6 Å². The second-order valence-electron chi connectivity index (χ2n) is 5.57. The molecule has 1 saturated carbocycles. The number of pyridine rings is 1. The first-order chi connectivity index (χ1) is 9.91. The summed E-state index contributed by atoms with van der Waals surface area (Å²) in [7, 11) is -0.416. The fourth-order valence-electron chi connectivity index (χ4n) is 2.44. The first kappa shape index (κ1) is 16.5. The normalized spacial score (nSPS) is 23.8. The van der Waals surface area contributed by atoms with Gasteiger partial charge < -0.3 is 5.32 Å². The molecule has 0 saturated heterocycles. The van der Waals surface area contributed by atoms with Crippen molar-refractivity contribution in [2.75, 3.05) is 19.4 Å². The lowest BCUT2D eigenvalue weighted by Gasteiger charge is -2.21. The molecule has 0 radical (unpaired) electrons. The summed E-state index contributed by atoms with van der Waals surface area (Å²) in [6.07, 6.45) is 6.96. The van der Waals surface area contributed by atoms with Crippen LogP contribution in [0.5, 0.6) is 0 Å². The quantitative estimate of drug-likeness (QED) is 0.680. The number of nitrogens with zero attached hydrogens (tertiary/aromatic N) is 2. The van der Waals surface area contributed by atoms with Crippen molar-refractivity contribution in [1.82, 2.24) is 9.29 Å². The average Bonchev–Trinajstić information content (AvgIpc) is 2.65. The highest BCUT2D eigenvalue weighted by atomic mass is 35.5. The minimum atomic E-state index is -3.43. The van der Waals surface area contributed by atoms with E-state index in [0.29, 0.717) is 5.82 Å². The lowest BCUT2D eigenvalue weighted by Crippen LogP contribution is -2.29. The first-order valence-electron chi connectivity index (χ1n) is 7.20. The van der Waals surface area contributed by atoms with Crippen LogP contribution >= 0.6 is 11.6 Å². The van der Waals surface area contributed by atoms with Gasteiger partial charge in [-0.2, -0.15) is 0 Å². The minimum Gasteiger partial charge on any atom is -0.366 e. The van der Waals surface area contributed by atoms with Crippen LogP contribution < -0.4 is 5.32 Å². The Hall–Kier alpha value is -0.850. The predicted molar refractivity (Wildman–Crippen MR) is 85.2 cm³/mol. The molecule has 1 fully saturated rings. The van der Waals surface area contributed by atoms with E-state index in [1.54, 1.807) is 12.1 Å². The molecule has 0 spiro atoms. The molecule has 2 rings (SSSR count). The van der Waals surface area contributed by atoms with Crippen LogP contribution in [0.25, 0.3) is 0 Å². The Labute approximate surface area is 131 Å². The lowest BCUT2D eigenvalue weighted by molar-refractivity contribution is 0.520. The molecule has 1 N–H and O–H groups in total. The number of rotatable bonds is 4. The summed E-state index contributed by atoms with van der Waals surface area (Å²) in [5.41, 5.74) is 0. The van der Waals surface area contributed by atoms with Crippen molar-refractivity contribution in [3.05, 3.63) is 18.3 Å². The van der Waals surface area contributed by atoms with Crippen molar-refractivity contribution < 1.29 is 8.42 Å². The molecule has 2 unspecified atom stereocenters. The van der Waals surface area contributed by atoms with Gasteiger partial charge >= 0.3 is 0 Å². The first-order valence-corrected chi connectivity index (χ1v) is 9.08. The summed E-state index contributed by atoms with van der Waals surface area (Å²) in [4.78, 5) is 4.41. The van der Waals surface area contributed by atoms with Crippen LogP contribution in [0.4, 0.5) is 5.82 Å². The molecule has 1 aliphatic rings. The largest absolute Gasteiger partial charge is 0.366 e. The van der Waals surface area contributed by atoms with Gasteiger partial charge in [0, 0.05) is 26.3 Å². The molecule has 1 heterocycles. The number of nitrogens with one attached hydrogen (secondary N) is 1. The Morgan fingerprint density at radius 3 is 2.57 bits per heavy atom. The molecule has 118 valence electrons. The topological polar surface area (TPSA) is 62.3 Å². The summed E-state index contributed by atoms with van der Waals surface area (Å²) in [5.74, 6) is 0.672. The second-order valence-corrected chi connectivity index (χ2v) is 8.28. The second kappa shape index (κ2) is 6.94. The van der Waals surface area contributed by atoms with E-state index in [1.165, 1.54) is 37.4 Å². The third kappa shape index (κ3) is 4.08. The summed E-state index contributed by atoms with van der Waals surface area (Å²) in [5, 5.41) is 3.42. The molecule has 0 amide bonds. The fourth-order valence-corrected chi connectivity index (χ4v) is 3.63. The zero-order valence-electron chi connectivity index (χ0n) is 12.4. The fraction of sp³-hybridized carbons (Fsp3) is 0.643. The van der Waals surface area contributed by atoms with Gasteiger partial charge in [-0.3, -0.25) is 0 Å². The van der Waals surface area contributed by atoms with Gasteiger partial charge in [-0.25, -0.2) is 17.7 Å². The number of aromatic nitrogens is 1. The zero-order chi connectivity index (χ0) is 15.5. The van der Waals surface area contributed by atoms with Gasteiger partial charge in [0.15, 0.2) is 0 Å². The van der Waals surface area contributed by atoms with Crippen molar-refractivity contribution in [2.24, 2.45) is 0 Å². The van der Waals surface area contributed by atoms with E-state index in [9.17, 15) is 8.42 Å². The van der Waals surface area contributed by atoms with E-state index >= 15 is 0 Å². The molecule has 21 heavy (non-hydrogen) atoms. The van der Waals surface area contributed by atoms with E-state index in [1.807, 2.05) is 0 Å². The Bertz CT molecular complexity index is 560. The molecule has 2 atom stereocenters. The maximum absolute atomic E-state index is 12.0. The van der Waals surface area contributed by atoms with E-state index in [0.717, 1.165) is 19.3 Å². The third-order valence-electron chi connectivity index (χ3n) is 3.78. The van der Waals surface area contributed by atoms with Crippen LogP contribution in [0.1, 0.15) is 32.1 Å². The Morgan fingerprint density at radius 2 is 1.95 bits per heavy atom. The standard InChI is InChI=1S/C14H22ClN3O2S/c1-18(2)21(19,20)11-8-9-14(16-10-11)17-13-7-5-3-4-6-12(13)15/h8-10,12-13H,3-7H2,1-2H3,(H,16,17). The Morgan fingerprint density at radius 1 is 1.24 bits per heavy atom. The molecule has 0 aromatic carbocycles. The number of halogens is 1. The van der Waals surface area contributed by atoms with Gasteiger partial charge in [0.25, 0.3) is 0 Å². The van der Waals surface area contributed by atoms with Gasteiger partial charge in [0.2, 0.25) is 10.0 Å². The summed E-state index contributed by atoms with van der Waals surface area (Å²) < 4.78 is 25.1. The summed E-state index contributed by atoms with van der Waals surface area (Å²) in [6.45, 7) is 0. The molecule has 1 aromatic rings. The van der Waals surface area contributed by atoms with Gasteiger partial charge in [-0.1, -0.05) is 19.3 Å². The predicted octanol–water partition coefficient (Wildman–Crippen LogP) is 2.68. The van der Waals surface area contributed by atoms with E-state index in [2.05, 4.69) is 10.3 Å². The maximum Gasteiger partial charge on any atom is 0.244 e. The van der Waals surface area contributed by atoms with Crippen LogP contribution in [-0.4, -0.2) is 43.2 Å². The molecule has 5 nitrogen and oxygen atoms in total. The monoisotopic (exact) mass is 331 g/mol. The number of hydrogen-bond donors (Lipinski definition) is 1. The summed E-state index contributed by atoms with van der Waals surface area (Å²) in [6, 6.07) is 3.47.